The van der Waals surface area contributed by atoms with Crippen LogP contribution in [0.15, 0.2) is 11.1 Å². The van der Waals surface area contributed by atoms with E-state index in [1.165, 1.54) is 19.3 Å². The van der Waals surface area contributed by atoms with Crippen molar-refractivity contribution in [3.63, 3.8) is 0 Å². The molecule has 16 heavy (non-hydrogen) atoms. The van der Waals surface area contributed by atoms with Crippen LogP contribution in [-0.2, 0) is 14.6 Å². The van der Waals surface area contributed by atoms with Crippen molar-refractivity contribution in [1.82, 2.24) is 0 Å². The van der Waals surface area contributed by atoms with E-state index in [4.69, 9.17) is 0 Å². The largest absolute Gasteiger partial charge is 0.726 e. The maximum atomic E-state index is 9.22. The van der Waals surface area contributed by atoms with E-state index in [1.807, 2.05) is 0 Å². The topological polar surface area (TPSA) is 69.4 Å². The molecule has 0 amide bonds. The highest BCUT2D eigenvalue weighted by molar-refractivity contribution is 7.80. The van der Waals surface area contributed by atoms with Gasteiger partial charge in [-0.15, -0.1) is 0 Å². The fourth-order valence-corrected chi connectivity index (χ4v) is 1.40. The Bertz CT molecular complexity index is 378. The van der Waals surface area contributed by atoms with Crippen LogP contribution < -0.4 is 0 Å². The summed E-state index contributed by atoms with van der Waals surface area (Å²) in [4.78, 5) is 0. The van der Waals surface area contributed by atoms with Crippen molar-refractivity contribution < 1.29 is 21.7 Å². The van der Waals surface area contributed by atoms with Crippen LogP contribution in [0.25, 0.3) is 0 Å². The number of hydrogen-bond donors (Lipinski definition) is 0. The van der Waals surface area contributed by atoms with Gasteiger partial charge in [0.05, 0.1) is 7.11 Å². The number of nitrogens with zero attached hydrogens (tertiary/aromatic N) is 1. The van der Waals surface area contributed by atoms with E-state index in [-0.39, 0.29) is 0 Å². The molecule has 0 radical (unpaired) electrons. The molecule has 6 heteroatoms. The Morgan fingerprint density at radius 1 is 1.38 bits per heavy atom. The second-order valence-corrected chi connectivity index (χ2v) is 4.98. The highest BCUT2D eigenvalue weighted by Crippen LogP contribution is 2.23. The van der Waals surface area contributed by atoms with Gasteiger partial charge in [-0.1, -0.05) is 5.57 Å². The van der Waals surface area contributed by atoms with Gasteiger partial charge in [0.2, 0.25) is 10.4 Å². The van der Waals surface area contributed by atoms with Crippen LogP contribution >= 0.6 is 0 Å². The van der Waals surface area contributed by atoms with Gasteiger partial charge in [0.15, 0.2) is 6.21 Å². The number of rotatable bonds is 2. The lowest BCUT2D eigenvalue weighted by molar-refractivity contribution is -0.459. The van der Waals surface area contributed by atoms with Crippen molar-refractivity contribution in [2.75, 3.05) is 21.2 Å². The third-order valence-corrected chi connectivity index (χ3v) is 2.57. The molecule has 0 spiro atoms. The molecule has 0 N–H and O–H groups in total. The van der Waals surface area contributed by atoms with E-state index in [0.717, 1.165) is 7.11 Å². The van der Waals surface area contributed by atoms with E-state index in [1.54, 1.807) is 11.1 Å². The third-order valence-electron chi connectivity index (χ3n) is 2.16. The van der Waals surface area contributed by atoms with Crippen molar-refractivity contribution in [3.8, 4) is 0 Å². The minimum Gasteiger partial charge on any atom is -0.726 e. The Morgan fingerprint density at radius 3 is 2.12 bits per heavy atom. The first kappa shape index (κ1) is 15.3. The van der Waals surface area contributed by atoms with Gasteiger partial charge in [-0.05, 0) is 26.2 Å². The quantitative estimate of drug-likeness (QED) is 0.316. The van der Waals surface area contributed by atoms with Crippen LogP contribution in [0.1, 0.15) is 26.2 Å². The zero-order chi connectivity index (χ0) is 12.8. The van der Waals surface area contributed by atoms with E-state index >= 15 is 0 Å². The zero-order valence-corrected chi connectivity index (χ0v) is 11.0. The predicted molar refractivity (Wildman–Crippen MR) is 61.4 cm³/mol. The third kappa shape index (κ3) is 7.56. The van der Waals surface area contributed by atoms with Gasteiger partial charge in [0, 0.05) is 5.57 Å². The van der Waals surface area contributed by atoms with Crippen molar-refractivity contribution in [2.45, 2.75) is 26.2 Å². The molecular weight excluding hydrogens is 230 g/mol. The number of hydrogen-bond acceptors (Lipinski definition) is 4. The smallest absolute Gasteiger partial charge is 0.217 e. The molecule has 0 saturated carbocycles. The second kappa shape index (κ2) is 6.78. The van der Waals surface area contributed by atoms with Gasteiger partial charge in [-0.3, -0.25) is 4.18 Å². The summed E-state index contributed by atoms with van der Waals surface area (Å²) in [7, 11) is 0.560. The van der Waals surface area contributed by atoms with Crippen LogP contribution in [0.4, 0.5) is 0 Å². The Labute approximate surface area is 97.4 Å². The van der Waals surface area contributed by atoms with Crippen molar-refractivity contribution in [3.05, 3.63) is 11.1 Å². The molecule has 0 atom stereocenters. The average Bonchev–Trinajstić information content (AvgIpc) is 2.51. The van der Waals surface area contributed by atoms with Crippen molar-refractivity contribution in [2.24, 2.45) is 0 Å². The average molecular weight is 249 g/mol. The van der Waals surface area contributed by atoms with Crippen LogP contribution in [0.5, 0.6) is 0 Å². The first-order valence-corrected chi connectivity index (χ1v) is 6.31. The van der Waals surface area contributed by atoms with E-state index < -0.39 is 10.4 Å². The first-order valence-electron chi connectivity index (χ1n) is 4.97. The van der Waals surface area contributed by atoms with Gasteiger partial charge < -0.3 is 4.55 Å². The van der Waals surface area contributed by atoms with Crippen LogP contribution in [-0.4, -0.2) is 45.0 Å². The molecule has 1 aliphatic rings. The summed E-state index contributed by atoms with van der Waals surface area (Å²) >= 11 is 0. The minimum absolute atomic E-state index is 0.808. The monoisotopic (exact) mass is 249 g/mol. The Balaban J connectivity index is 0.000000325. The van der Waals surface area contributed by atoms with Gasteiger partial charge in [-0.25, -0.2) is 13.0 Å². The van der Waals surface area contributed by atoms with Gasteiger partial charge in [-0.2, -0.15) is 0 Å². The lowest BCUT2D eigenvalue weighted by Crippen LogP contribution is -2.00. The molecule has 0 saturated heterocycles. The highest BCUT2D eigenvalue weighted by Gasteiger charge is 2.10. The zero-order valence-electron chi connectivity index (χ0n) is 10.2. The minimum atomic E-state index is -4.41. The molecule has 0 fully saturated rings. The van der Waals surface area contributed by atoms with E-state index in [9.17, 15) is 13.0 Å². The molecule has 5 nitrogen and oxygen atoms in total. The molecular formula is C10H19NO4S. The Hall–Kier alpha value is -0.720. The summed E-state index contributed by atoms with van der Waals surface area (Å²) in [5, 5.41) is 0. The summed E-state index contributed by atoms with van der Waals surface area (Å²) in [6.07, 6.45) is 6.18. The maximum absolute atomic E-state index is 9.22. The standard InChI is InChI=1S/C9H16N.CH4O4S/c1-8-5-4-6-9(8)7-10(2)3;1-5-6(2,3)4/h7H,4-6H2,1-3H3;1H3,(H,2,3,4)/q+1;/p-1. The van der Waals surface area contributed by atoms with Gasteiger partial charge in [0.25, 0.3) is 0 Å². The van der Waals surface area contributed by atoms with E-state index in [0.29, 0.717) is 0 Å². The normalized spacial score (nSPS) is 15.6. The van der Waals surface area contributed by atoms with Crippen molar-refractivity contribution in [1.29, 1.82) is 0 Å². The molecule has 0 aromatic rings. The lowest BCUT2D eigenvalue weighted by Gasteiger charge is -1.98. The molecule has 0 unspecified atom stereocenters. The highest BCUT2D eigenvalue weighted by atomic mass is 32.3. The molecule has 1 aliphatic carbocycles. The summed E-state index contributed by atoms with van der Waals surface area (Å²) < 4.78 is 33.1. The molecule has 0 aromatic heterocycles. The molecule has 1 rings (SSSR count). The first-order chi connectivity index (χ1) is 7.26. The van der Waals surface area contributed by atoms with Crippen LogP contribution in [0, 0.1) is 0 Å². The predicted octanol–water partition coefficient (Wildman–Crippen LogP) is 0.923. The van der Waals surface area contributed by atoms with Gasteiger partial charge in [0.1, 0.15) is 14.1 Å². The summed E-state index contributed by atoms with van der Waals surface area (Å²) in [5.41, 5.74) is 3.12. The van der Waals surface area contributed by atoms with Crippen LogP contribution in [0.3, 0.4) is 0 Å². The Kier molecular flexibility index (Phi) is 6.47. The van der Waals surface area contributed by atoms with Crippen LogP contribution in [0.2, 0.25) is 0 Å². The molecule has 94 valence electrons. The summed E-state index contributed by atoms with van der Waals surface area (Å²) in [6, 6.07) is 0. The fourth-order valence-electron chi connectivity index (χ4n) is 1.40. The van der Waals surface area contributed by atoms with E-state index in [2.05, 4.69) is 36.0 Å². The molecule has 0 aliphatic heterocycles. The van der Waals surface area contributed by atoms with Crippen molar-refractivity contribution >= 4 is 16.6 Å². The fraction of sp³-hybridized carbons (Fsp3) is 0.700. The SMILES string of the molecule is CC1=C(C=[N+](C)C)CCC1.COS(=O)(=O)[O-]. The van der Waals surface area contributed by atoms with Gasteiger partial charge >= 0.3 is 0 Å². The summed E-state index contributed by atoms with van der Waals surface area (Å²) in [5.74, 6) is 0. The molecule has 0 heterocycles. The maximum Gasteiger partial charge on any atom is 0.217 e. The molecule has 0 aromatic carbocycles. The second-order valence-electron chi connectivity index (χ2n) is 3.83. The number of allylic oxidation sites excluding steroid dienone is 2. The molecule has 0 bridgehead atoms. The Morgan fingerprint density at radius 2 is 1.88 bits per heavy atom. The summed E-state index contributed by atoms with van der Waals surface area (Å²) in [6.45, 7) is 2.24. The lowest BCUT2D eigenvalue weighted by atomic mass is 10.2.